The van der Waals surface area contributed by atoms with Gasteiger partial charge in [-0.25, -0.2) is 8.42 Å². The first-order valence-electron chi connectivity index (χ1n) is 7.05. The summed E-state index contributed by atoms with van der Waals surface area (Å²) in [6, 6.07) is 8.06. The SMILES string of the molecule is COc1ccc(C(=O)N2CCc3ncccc32)cc1S(C)(=O)=O. The number of hydrogen-bond acceptors (Lipinski definition) is 5. The van der Waals surface area contributed by atoms with Gasteiger partial charge in [0, 0.05) is 31.0 Å². The van der Waals surface area contributed by atoms with Crippen molar-refractivity contribution in [2.24, 2.45) is 0 Å². The molecule has 0 unspecified atom stereocenters. The molecule has 23 heavy (non-hydrogen) atoms. The predicted molar refractivity (Wildman–Crippen MR) is 85.7 cm³/mol. The number of carbonyl (C=O) groups excluding carboxylic acids is 1. The standard InChI is InChI=1S/C16H16N2O4S/c1-22-14-6-5-11(10-15(14)23(2,20)21)16(19)18-9-7-12-13(18)4-3-8-17-12/h3-6,8,10H,7,9H2,1-2H3. The Morgan fingerprint density at radius 2 is 2.09 bits per heavy atom. The zero-order valence-electron chi connectivity index (χ0n) is 12.8. The Kier molecular flexibility index (Phi) is 3.81. The third-order valence-electron chi connectivity index (χ3n) is 3.78. The van der Waals surface area contributed by atoms with Gasteiger partial charge >= 0.3 is 0 Å². The molecule has 0 saturated heterocycles. The van der Waals surface area contributed by atoms with Gasteiger partial charge in [0.1, 0.15) is 10.6 Å². The Bertz CT molecular complexity index is 877. The highest BCUT2D eigenvalue weighted by molar-refractivity contribution is 7.90. The first-order chi connectivity index (χ1) is 10.9. The van der Waals surface area contributed by atoms with Crippen LogP contribution >= 0.6 is 0 Å². The van der Waals surface area contributed by atoms with E-state index in [2.05, 4.69) is 4.98 Å². The van der Waals surface area contributed by atoms with Gasteiger partial charge in [0.25, 0.3) is 5.91 Å². The molecule has 3 rings (SSSR count). The van der Waals surface area contributed by atoms with Gasteiger partial charge in [0.2, 0.25) is 0 Å². The van der Waals surface area contributed by atoms with Crippen molar-refractivity contribution in [3.05, 3.63) is 47.8 Å². The summed E-state index contributed by atoms with van der Waals surface area (Å²) in [5.41, 5.74) is 1.95. The molecular formula is C16H16N2O4S. The lowest BCUT2D eigenvalue weighted by Crippen LogP contribution is -2.29. The number of anilines is 1. The number of aromatic nitrogens is 1. The van der Waals surface area contributed by atoms with Crippen LogP contribution in [0.4, 0.5) is 5.69 Å². The van der Waals surface area contributed by atoms with Crippen LogP contribution in [0.2, 0.25) is 0 Å². The summed E-state index contributed by atoms with van der Waals surface area (Å²) in [5, 5.41) is 0. The molecule has 1 aromatic heterocycles. The normalized spacial score (nSPS) is 13.7. The highest BCUT2D eigenvalue weighted by Crippen LogP contribution is 2.29. The summed E-state index contributed by atoms with van der Waals surface area (Å²) >= 11 is 0. The Morgan fingerprint density at radius 3 is 2.78 bits per heavy atom. The van der Waals surface area contributed by atoms with E-state index in [4.69, 9.17) is 4.74 Å². The molecule has 1 aliphatic rings. The smallest absolute Gasteiger partial charge is 0.258 e. The van der Waals surface area contributed by atoms with Gasteiger partial charge in [0.15, 0.2) is 9.84 Å². The quantitative estimate of drug-likeness (QED) is 0.855. The molecule has 0 saturated carbocycles. The van der Waals surface area contributed by atoms with Gasteiger partial charge < -0.3 is 9.64 Å². The largest absolute Gasteiger partial charge is 0.495 e. The van der Waals surface area contributed by atoms with E-state index in [1.165, 1.54) is 19.2 Å². The lowest BCUT2D eigenvalue weighted by molar-refractivity contribution is 0.0989. The second-order valence-corrected chi connectivity index (χ2v) is 7.30. The molecule has 0 spiro atoms. The van der Waals surface area contributed by atoms with Crippen molar-refractivity contribution in [2.45, 2.75) is 11.3 Å². The number of amides is 1. The van der Waals surface area contributed by atoms with Crippen molar-refractivity contribution in [3.63, 3.8) is 0 Å². The molecule has 1 aliphatic heterocycles. The van der Waals surface area contributed by atoms with E-state index in [0.29, 0.717) is 18.5 Å². The molecule has 0 radical (unpaired) electrons. The predicted octanol–water partition coefficient (Wildman–Crippen LogP) is 1.70. The van der Waals surface area contributed by atoms with E-state index >= 15 is 0 Å². The number of sulfone groups is 1. The maximum absolute atomic E-state index is 12.8. The topological polar surface area (TPSA) is 76.6 Å². The number of ether oxygens (including phenoxy) is 1. The molecular weight excluding hydrogens is 316 g/mol. The maximum atomic E-state index is 12.8. The lowest BCUT2D eigenvalue weighted by Gasteiger charge is -2.18. The molecule has 0 N–H and O–H groups in total. The molecule has 1 amide bonds. The minimum absolute atomic E-state index is 0.0106. The average molecular weight is 332 g/mol. The third-order valence-corrected chi connectivity index (χ3v) is 4.90. The summed E-state index contributed by atoms with van der Waals surface area (Å²) in [6.07, 6.45) is 3.48. The van der Waals surface area contributed by atoms with Crippen LogP contribution in [0, 0.1) is 0 Å². The van der Waals surface area contributed by atoms with Crippen LogP contribution in [-0.4, -0.2) is 39.2 Å². The molecule has 7 heteroatoms. The Hall–Kier alpha value is -2.41. The second kappa shape index (κ2) is 5.66. The first kappa shape index (κ1) is 15.5. The summed E-state index contributed by atoms with van der Waals surface area (Å²) in [5.74, 6) is -0.0168. The number of benzene rings is 1. The maximum Gasteiger partial charge on any atom is 0.258 e. The van der Waals surface area contributed by atoms with Crippen molar-refractivity contribution in [1.82, 2.24) is 4.98 Å². The van der Waals surface area contributed by atoms with Gasteiger partial charge in [-0.1, -0.05) is 0 Å². The number of rotatable bonds is 3. The summed E-state index contributed by atoms with van der Waals surface area (Å²) in [4.78, 5) is 18.6. The van der Waals surface area contributed by atoms with E-state index in [9.17, 15) is 13.2 Å². The fraction of sp³-hybridized carbons (Fsp3) is 0.250. The number of hydrogen-bond donors (Lipinski definition) is 0. The van der Waals surface area contributed by atoms with Crippen molar-refractivity contribution in [2.75, 3.05) is 24.8 Å². The Labute approximate surface area is 134 Å². The summed E-state index contributed by atoms with van der Waals surface area (Å²) in [6.45, 7) is 0.533. The molecule has 1 aromatic carbocycles. The average Bonchev–Trinajstić information content (AvgIpc) is 2.96. The molecule has 0 bridgehead atoms. The molecule has 0 atom stereocenters. The number of carbonyl (C=O) groups is 1. The Morgan fingerprint density at radius 1 is 1.30 bits per heavy atom. The zero-order chi connectivity index (χ0) is 16.6. The molecule has 0 fully saturated rings. The third kappa shape index (κ3) is 2.79. The number of pyridine rings is 1. The van der Waals surface area contributed by atoms with Gasteiger partial charge in [-0.2, -0.15) is 0 Å². The van der Waals surface area contributed by atoms with Gasteiger partial charge in [0.05, 0.1) is 18.5 Å². The van der Waals surface area contributed by atoms with Crippen molar-refractivity contribution in [1.29, 1.82) is 0 Å². The van der Waals surface area contributed by atoms with Crippen molar-refractivity contribution < 1.29 is 17.9 Å². The van der Waals surface area contributed by atoms with Crippen LogP contribution in [-0.2, 0) is 16.3 Å². The van der Waals surface area contributed by atoms with Crippen LogP contribution in [0.5, 0.6) is 5.75 Å². The Balaban J connectivity index is 2.02. The van der Waals surface area contributed by atoms with Gasteiger partial charge in [-0.05, 0) is 30.3 Å². The molecule has 0 aliphatic carbocycles. The van der Waals surface area contributed by atoms with E-state index < -0.39 is 9.84 Å². The van der Waals surface area contributed by atoms with Crippen molar-refractivity contribution in [3.8, 4) is 5.75 Å². The van der Waals surface area contributed by atoms with Crippen LogP contribution in [0.1, 0.15) is 16.1 Å². The number of nitrogens with zero attached hydrogens (tertiary/aromatic N) is 2. The molecule has 120 valence electrons. The highest BCUT2D eigenvalue weighted by Gasteiger charge is 2.27. The fourth-order valence-electron chi connectivity index (χ4n) is 2.67. The summed E-state index contributed by atoms with van der Waals surface area (Å²) < 4.78 is 28.9. The minimum Gasteiger partial charge on any atom is -0.495 e. The van der Waals surface area contributed by atoms with E-state index in [1.54, 1.807) is 23.2 Å². The van der Waals surface area contributed by atoms with Crippen molar-refractivity contribution >= 4 is 21.4 Å². The first-order valence-corrected chi connectivity index (χ1v) is 8.95. The monoisotopic (exact) mass is 332 g/mol. The van der Waals surface area contributed by atoms with E-state index in [0.717, 1.165) is 17.6 Å². The molecule has 2 heterocycles. The summed E-state index contributed by atoms with van der Waals surface area (Å²) in [7, 11) is -2.10. The van der Waals surface area contributed by atoms with Crippen LogP contribution in [0.3, 0.4) is 0 Å². The highest BCUT2D eigenvalue weighted by atomic mass is 32.2. The lowest BCUT2D eigenvalue weighted by atomic mass is 10.2. The fourth-order valence-corrected chi connectivity index (χ4v) is 3.53. The molecule has 6 nitrogen and oxygen atoms in total. The van der Waals surface area contributed by atoms with Gasteiger partial charge in [-0.3, -0.25) is 9.78 Å². The minimum atomic E-state index is -3.49. The van der Waals surface area contributed by atoms with Gasteiger partial charge in [-0.15, -0.1) is 0 Å². The number of methoxy groups -OCH3 is 1. The van der Waals surface area contributed by atoms with Crippen LogP contribution in [0.15, 0.2) is 41.4 Å². The van der Waals surface area contributed by atoms with E-state index in [-0.39, 0.29) is 16.6 Å². The molecule has 2 aromatic rings. The van der Waals surface area contributed by atoms with Crippen LogP contribution in [0.25, 0.3) is 0 Å². The zero-order valence-corrected chi connectivity index (χ0v) is 13.6. The second-order valence-electron chi connectivity index (χ2n) is 5.31. The number of fused-ring (bicyclic) bond motifs is 1. The van der Waals surface area contributed by atoms with Crippen LogP contribution < -0.4 is 9.64 Å². The van der Waals surface area contributed by atoms with E-state index in [1.807, 2.05) is 6.07 Å².